The first-order valence-electron chi connectivity index (χ1n) is 7.42. The zero-order chi connectivity index (χ0) is 18.8. The van der Waals surface area contributed by atoms with Gasteiger partial charge in [-0.05, 0) is 35.4 Å². The van der Waals surface area contributed by atoms with Gasteiger partial charge in [0.15, 0.2) is 5.06 Å². The van der Waals surface area contributed by atoms with E-state index in [0.29, 0.717) is 15.8 Å². The van der Waals surface area contributed by atoms with Crippen molar-refractivity contribution in [1.29, 1.82) is 0 Å². The normalized spacial score (nSPS) is 10.7. The monoisotopic (exact) mass is 373 g/mol. The van der Waals surface area contributed by atoms with Crippen molar-refractivity contribution in [2.24, 2.45) is 0 Å². The molecule has 0 spiro atoms. The summed E-state index contributed by atoms with van der Waals surface area (Å²) in [6.07, 6.45) is 0. The van der Waals surface area contributed by atoms with Crippen molar-refractivity contribution in [3.63, 3.8) is 0 Å². The van der Waals surface area contributed by atoms with Gasteiger partial charge in [-0.3, -0.25) is 14.4 Å². The summed E-state index contributed by atoms with van der Waals surface area (Å²) >= 11 is 0.839. The molecule has 3 N–H and O–H groups in total. The van der Waals surface area contributed by atoms with Crippen LogP contribution in [0.2, 0.25) is 0 Å². The number of carbonyl (C=O) groups is 2. The topological polar surface area (TPSA) is 104 Å². The number of halogens is 1. The van der Waals surface area contributed by atoms with E-state index in [4.69, 9.17) is 5.11 Å². The minimum absolute atomic E-state index is 0.204. The van der Waals surface area contributed by atoms with Crippen LogP contribution in [0.4, 0.5) is 4.39 Å². The van der Waals surface area contributed by atoms with E-state index < -0.39 is 34.5 Å². The molecule has 1 heterocycles. The number of nitrogens with one attached hydrogen (secondary N) is 1. The first-order valence-corrected chi connectivity index (χ1v) is 8.24. The molecule has 0 atom stereocenters. The Balaban J connectivity index is 2.11. The average molecular weight is 373 g/mol. The predicted octanol–water partition coefficient (Wildman–Crippen LogP) is 2.59. The Hall–Kier alpha value is -3.26. The van der Waals surface area contributed by atoms with E-state index >= 15 is 0 Å². The van der Waals surface area contributed by atoms with Crippen molar-refractivity contribution < 1.29 is 24.2 Å². The number of fused-ring (bicyclic) bond motifs is 1. The SMILES string of the molecule is O=C(O)CNC(=O)c1c(O)sc2ccc(-c3ccc(F)cc3)cc2c1=O. The largest absolute Gasteiger partial charge is 0.499 e. The van der Waals surface area contributed by atoms with Crippen LogP contribution in [0.15, 0.2) is 47.3 Å². The second-order valence-corrected chi connectivity index (χ2v) is 6.44. The van der Waals surface area contributed by atoms with Gasteiger partial charge in [-0.1, -0.05) is 29.5 Å². The number of carbonyl (C=O) groups excluding carboxylic acids is 1. The molecule has 0 aliphatic heterocycles. The fourth-order valence-electron chi connectivity index (χ4n) is 2.45. The van der Waals surface area contributed by atoms with Gasteiger partial charge >= 0.3 is 5.97 Å². The van der Waals surface area contributed by atoms with Crippen LogP contribution in [0.5, 0.6) is 5.06 Å². The van der Waals surface area contributed by atoms with Gasteiger partial charge < -0.3 is 15.5 Å². The van der Waals surface area contributed by atoms with Crippen molar-refractivity contribution in [2.45, 2.75) is 0 Å². The Bertz CT molecular complexity index is 1080. The second-order valence-electron chi connectivity index (χ2n) is 5.41. The van der Waals surface area contributed by atoms with E-state index in [2.05, 4.69) is 5.32 Å². The van der Waals surface area contributed by atoms with Gasteiger partial charge in [0, 0.05) is 10.1 Å². The molecule has 6 nitrogen and oxygen atoms in total. The molecule has 0 fully saturated rings. The first-order chi connectivity index (χ1) is 12.4. The lowest BCUT2D eigenvalue weighted by atomic mass is 10.0. The highest BCUT2D eigenvalue weighted by Gasteiger charge is 2.20. The maximum Gasteiger partial charge on any atom is 0.322 e. The summed E-state index contributed by atoms with van der Waals surface area (Å²) in [4.78, 5) is 35.3. The third-order valence-electron chi connectivity index (χ3n) is 3.68. The number of aromatic hydroxyl groups is 1. The summed E-state index contributed by atoms with van der Waals surface area (Å²) in [5.41, 5.74) is 0.121. The maximum absolute atomic E-state index is 13.1. The maximum atomic E-state index is 13.1. The summed E-state index contributed by atoms with van der Waals surface area (Å²) < 4.78 is 13.5. The van der Waals surface area contributed by atoms with Crippen molar-refractivity contribution in [3.05, 3.63) is 64.1 Å². The lowest BCUT2D eigenvalue weighted by Gasteiger charge is -2.07. The molecule has 3 rings (SSSR count). The molecule has 0 radical (unpaired) electrons. The Morgan fingerprint density at radius 2 is 1.73 bits per heavy atom. The van der Waals surface area contributed by atoms with Crippen LogP contribution in [-0.2, 0) is 4.79 Å². The number of hydrogen-bond donors (Lipinski definition) is 3. The van der Waals surface area contributed by atoms with Gasteiger partial charge in [-0.2, -0.15) is 0 Å². The van der Waals surface area contributed by atoms with Gasteiger partial charge in [-0.25, -0.2) is 4.39 Å². The highest BCUT2D eigenvalue weighted by molar-refractivity contribution is 7.20. The zero-order valence-corrected chi connectivity index (χ0v) is 14.0. The van der Waals surface area contributed by atoms with E-state index in [1.807, 2.05) is 0 Å². The Morgan fingerprint density at radius 1 is 1.08 bits per heavy atom. The van der Waals surface area contributed by atoms with Crippen LogP contribution in [0.3, 0.4) is 0 Å². The molecule has 1 aromatic heterocycles. The molecule has 8 heteroatoms. The fraction of sp³-hybridized carbons (Fsp3) is 0.0556. The van der Waals surface area contributed by atoms with Crippen LogP contribution in [-0.4, -0.2) is 28.6 Å². The van der Waals surface area contributed by atoms with E-state index in [0.717, 1.165) is 11.3 Å². The molecule has 1 amide bonds. The highest BCUT2D eigenvalue weighted by Crippen LogP contribution is 2.30. The van der Waals surface area contributed by atoms with Crippen LogP contribution < -0.4 is 10.7 Å². The van der Waals surface area contributed by atoms with Crippen LogP contribution >= 0.6 is 11.3 Å². The molecule has 0 bridgehead atoms. The van der Waals surface area contributed by atoms with Crippen molar-refractivity contribution in [2.75, 3.05) is 6.54 Å². The van der Waals surface area contributed by atoms with Gasteiger partial charge in [-0.15, -0.1) is 0 Å². The zero-order valence-electron chi connectivity index (χ0n) is 13.2. The molecular weight excluding hydrogens is 361 g/mol. The Morgan fingerprint density at radius 3 is 2.38 bits per heavy atom. The van der Waals surface area contributed by atoms with Crippen molar-refractivity contribution >= 4 is 33.3 Å². The summed E-state index contributed by atoms with van der Waals surface area (Å²) in [7, 11) is 0. The molecule has 3 aromatic rings. The average Bonchev–Trinajstić information content (AvgIpc) is 2.60. The number of aliphatic carboxylic acids is 1. The highest BCUT2D eigenvalue weighted by atomic mass is 32.1. The first kappa shape index (κ1) is 17.6. The number of hydrogen-bond acceptors (Lipinski definition) is 5. The van der Waals surface area contributed by atoms with Gasteiger partial charge in [0.25, 0.3) is 5.91 Å². The number of benzene rings is 2. The van der Waals surface area contributed by atoms with Gasteiger partial charge in [0.05, 0.1) is 0 Å². The lowest BCUT2D eigenvalue weighted by Crippen LogP contribution is -2.32. The van der Waals surface area contributed by atoms with Crippen molar-refractivity contribution in [1.82, 2.24) is 5.32 Å². The van der Waals surface area contributed by atoms with Crippen molar-refractivity contribution in [3.8, 4) is 16.2 Å². The molecule has 0 saturated heterocycles. The fourth-order valence-corrected chi connectivity index (χ4v) is 3.34. The number of rotatable bonds is 4. The molecule has 26 heavy (non-hydrogen) atoms. The molecular formula is C18H12FNO5S. The predicted molar refractivity (Wildman–Crippen MR) is 95.1 cm³/mol. The minimum Gasteiger partial charge on any atom is -0.499 e. The molecule has 2 aromatic carbocycles. The molecule has 0 saturated carbocycles. The summed E-state index contributed by atoms with van der Waals surface area (Å²) in [6, 6.07) is 10.6. The lowest BCUT2D eigenvalue weighted by molar-refractivity contribution is -0.135. The standard InChI is InChI=1S/C18H12FNO5S/c19-11-4-1-9(2-5-11)10-3-6-13-12(7-10)16(23)15(18(25)26-13)17(24)20-8-14(21)22/h1-7,25H,8H2,(H,20,24)(H,21,22). The van der Waals surface area contributed by atoms with E-state index in [9.17, 15) is 23.9 Å². The summed E-state index contributed by atoms with van der Waals surface area (Å²) in [5.74, 6) is -2.61. The van der Waals surface area contributed by atoms with E-state index in [1.54, 1.807) is 30.3 Å². The van der Waals surface area contributed by atoms with Crippen LogP contribution in [0.1, 0.15) is 10.4 Å². The third kappa shape index (κ3) is 3.40. The molecule has 0 unspecified atom stereocenters. The van der Waals surface area contributed by atoms with E-state index in [1.165, 1.54) is 12.1 Å². The number of amides is 1. The Labute approximate surface area is 150 Å². The number of carboxylic acids is 1. The number of carboxylic acid groups (broad SMARTS) is 1. The van der Waals surface area contributed by atoms with Crippen LogP contribution in [0.25, 0.3) is 21.2 Å². The second kappa shape index (κ2) is 6.93. The quantitative estimate of drug-likeness (QED) is 0.652. The minimum atomic E-state index is -1.27. The molecule has 0 aliphatic rings. The van der Waals surface area contributed by atoms with E-state index in [-0.39, 0.29) is 11.2 Å². The summed E-state index contributed by atoms with van der Waals surface area (Å²) in [5, 5.41) is 20.4. The van der Waals surface area contributed by atoms with Gasteiger partial charge in [0.2, 0.25) is 5.43 Å². The molecule has 132 valence electrons. The van der Waals surface area contributed by atoms with Gasteiger partial charge in [0.1, 0.15) is 17.9 Å². The summed E-state index contributed by atoms with van der Waals surface area (Å²) in [6.45, 7) is -0.671. The third-order valence-corrected chi connectivity index (χ3v) is 4.65. The smallest absolute Gasteiger partial charge is 0.322 e. The van der Waals surface area contributed by atoms with Crippen LogP contribution in [0, 0.1) is 5.82 Å². The Kier molecular flexibility index (Phi) is 4.68. The molecule has 0 aliphatic carbocycles.